The first-order chi connectivity index (χ1) is 12.9. The van der Waals surface area contributed by atoms with Gasteiger partial charge in [0.05, 0.1) is 24.5 Å². The molecule has 0 aliphatic carbocycles. The van der Waals surface area contributed by atoms with Crippen LogP contribution in [0, 0.1) is 0 Å². The molecule has 0 unspecified atom stereocenters. The number of rotatable bonds is 8. The van der Waals surface area contributed by atoms with Crippen LogP contribution in [0.2, 0.25) is 5.02 Å². The molecule has 0 fully saturated rings. The fraction of sp³-hybridized carbons (Fsp3) is 0.312. The second-order valence-corrected chi connectivity index (χ2v) is 6.23. The van der Waals surface area contributed by atoms with Crippen LogP contribution < -0.4 is 5.32 Å². The highest BCUT2D eigenvalue weighted by atomic mass is 35.5. The smallest absolute Gasteiger partial charge is 0.338 e. The third kappa shape index (κ3) is 4.73. The number of amides is 1. The molecule has 0 atom stereocenters. The fourth-order valence-electron chi connectivity index (χ4n) is 2.42. The van der Waals surface area contributed by atoms with Crippen LogP contribution in [0.5, 0.6) is 0 Å². The molecule has 142 valence electrons. The number of anilines is 1. The van der Waals surface area contributed by atoms with E-state index in [4.69, 9.17) is 16.7 Å². The minimum atomic E-state index is -1.06. The Morgan fingerprint density at radius 2 is 1.93 bits per heavy atom. The van der Waals surface area contributed by atoms with Crippen molar-refractivity contribution in [1.82, 2.24) is 29.3 Å². The standard InChI is InChI=1S/C16H18ClN7O3/c1-2-22-7-11(5-18-22)8-24-10-13(17)15(21-24)20-14(25)3-4-23-9-12(6-19-23)16(26)27/h5-7,9-10H,2-4,8H2,1H3,(H,26,27)(H,20,21,25). The van der Waals surface area contributed by atoms with Gasteiger partial charge in [-0.2, -0.15) is 15.3 Å². The van der Waals surface area contributed by atoms with E-state index in [0.717, 1.165) is 12.1 Å². The van der Waals surface area contributed by atoms with Crippen molar-refractivity contribution >= 4 is 29.3 Å². The van der Waals surface area contributed by atoms with E-state index in [1.54, 1.807) is 17.1 Å². The van der Waals surface area contributed by atoms with Crippen molar-refractivity contribution in [3.63, 3.8) is 0 Å². The van der Waals surface area contributed by atoms with Gasteiger partial charge in [0.1, 0.15) is 5.02 Å². The molecule has 1 amide bonds. The molecule has 3 rings (SSSR count). The van der Waals surface area contributed by atoms with Crippen LogP contribution in [0.15, 0.2) is 31.0 Å². The van der Waals surface area contributed by atoms with Gasteiger partial charge in [0.25, 0.3) is 0 Å². The van der Waals surface area contributed by atoms with Gasteiger partial charge < -0.3 is 10.4 Å². The molecule has 10 nitrogen and oxygen atoms in total. The Bertz CT molecular complexity index is 959. The van der Waals surface area contributed by atoms with Crippen molar-refractivity contribution in [2.75, 3.05) is 5.32 Å². The number of aromatic nitrogens is 6. The van der Waals surface area contributed by atoms with Gasteiger partial charge in [-0.3, -0.25) is 18.8 Å². The van der Waals surface area contributed by atoms with E-state index in [1.165, 1.54) is 17.1 Å². The molecule has 0 saturated carbocycles. The summed E-state index contributed by atoms with van der Waals surface area (Å²) in [5.74, 6) is -1.09. The predicted molar refractivity (Wildman–Crippen MR) is 96.7 cm³/mol. The average Bonchev–Trinajstić information content (AvgIpc) is 3.34. The minimum absolute atomic E-state index is 0.0728. The topological polar surface area (TPSA) is 120 Å². The van der Waals surface area contributed by atoms with E-state index >= 15 is 0 Å². The van der Waals surface area contributed by atoms with Crippen molar-refractivity contribution in [3.05, 3.63) is 47.1 Å². The van der Waals surface area contributed by atoms with Gasteiger partial charge in [-0.1, -0.05) is 11.6 Å². The normalized spacial score (nSPS) is 10.9. The number of carbonyl (C=O) groups is 2. The van der Waals surface area contributed by atoms with Crippen LogP contribution in [0.1, 0.15) is 29.3 Å². The van der Waals surface area contributed by atoms with Gasteiger partial charge in [0.2, 0.25) is 5.91 Å². The van der Waals surface area contributed by atoms with Crippen LogP contribution >= 0.6 is 11.6 Å². The van der Waals surface area contributed by atoms with Crippen molar-refractivity contribution < 1.29 is 14.7 Å². The van der Waals surface area contributed by atoms with Crippen LogP contribution in [-0.2, 0) is 24.4 Å². The number of carboxylic acids is 1. The first-order valence-electron chi connectivity index (χ1n) is 8.24. The molecule has 0 aliphatic heterocycles. The molecule has 3 heterocycles. The Kier molecular flexibility index (Phi) is 5.55. The monoisotopic (exact) mass is 391 g/mol. The molecular weight excluding hydrogens is 374 g/mol. The number of aromatic carboxylic acids is 1. The van der Waals surface area contributed by atoms with E-state index in [2.05, 4.69) is 20.6 Å². The zero-order valence-corrected chi connectivity index (χ0v) is 15.3. The molecule has 0 saturated heterocycles. The van der Waals surface area contributed by atoms with Crippen molar-refractivity contribution in [2.24, 2.45) is 0 Å². The number of halogens is 1. The third-order valence-corrected chi connectivity index (χ3v) is 4.05. The number of carboxylic acid groups (broad SMARTS) is 1. The first-order valence-corrected chi connectivity index (χ1v) is 8.62. The summed E-state index contributed by atoms with van der Waals surface area (Å²) in [7, 11) is 0. The summed E-state index contributed by atoms with van der Waals surface area (Å²) in [4.78, 5) is 22.9. The molecule has 2 N–H and O–H groups in total. The minimum Gasteiger partial charge on any atom is -0.478 e. The molecular formula is C16H18ClN7O3. The highest BCUT2D eigenvalue weighted by Crippen LogP contribution is 2.20. The summed E-state index contributed by atoms with van der Waals surface area (Å²) in [5.41, 5.74) is 1.05. The maximum absolute atomic E-state index is 12.1. The van der Waals surface area contributed by atoms with Crippen LogP contribution in [-0.4, -0.2) is 46.3 Å². The average molecular weight is 392 g/mol. The summed E-state index contributed by atoms with van der Waals surface area (Å²) in [6.07, 6.45) is 8.02. The second kappa shape index (κ2) is 8.04. The SMILES string of the molecule is CCn1cc(Cn2cc(Cl)c(NC(=O)CCn3cc(C(=O)O)cn3)n2)cn1. The molecule has 27 heavy (non-hydrogen) atoms. The maximum Gasteiger partial charge on any atom is 0.338 e. The number of hydrogen-bond donors (Lipinski definition) is 2. The van der Waals surface area contributed by atoms with E-state index < -0.39 is 5.97 Å². The quantitative estimate of drug-likeness (QED) is 0.603. The summed E-state index contributed by atoms with van der Waals surface area (Å²) in [6, 6.07) is 0. The Labute approximate surface area is 159 Å². The van der Waals surface area contributed by atoms with Gasteiger partial charge in [0, 0.05) is 43.7 Å². The van der Waals surface area contributed by atoms with Gasteiger partial charge >= 0.3 is 5.97 Å². The summed E-state index contributed by atoms with van der Waals surface area (Å²) in [6.45, 7) is 3.51. The van der Waals surface area contributed by atoms with Gasteiger partial charge in [-0.15, -0.1) is 0 Å². The Morgan fingerprint density at radius 1 is 1.15 bits per heavy atom. The molecule has 3 aromatic rings. The van der Waals surface area contributed by atoms with Crippen molar-refractivity contribution in [2.45, 2.75) is 33.0 Å². The Hall–Kier alpha value is -3.14. The molecule has 0 spiro atoms. The summed E-state index contributed by atoms with van der Waals surface area (Å²) < 4.78 is 4.84. The Morgan fingerprint density at radius 3 is 2.59 bits per heavy atom. The lowest BCUT2D eigenvalue weighted by Gasteiger charge is -2.03. The summed E-state index contributed by atoms with van der Waals surface area (Å²) >= 11 is 6.14. The van der Waals surface area contributed by atoms with E-state index in [1.807, 2.05) is 17.8 Å². The van der Waals surface area contributed by atoms with Gasteiger partial charge in [-0.25, -0.2) is 4.79 Å². The van der Waals surface area contributed by atoms with E-state index in [9.17, 15) is 9.59 Å². The van der Waals surface area contributed by atoms with Crippen molar-refractivity contribution in [3.8, 4) is 0 Å². The lowest BCUT2D eigenvalue weighted by molar-refractivity contribution is -0.116. The van der Waals surface area contributed by atoms with E-state index in [0.29, 0.717) is 11.6 Å². The van der Waals surface area contributed by atoms with Crippen molar-refractivity contribution in [1.29, 1.82) is 0 Å². The molecule has 11 heteroatoms. The first kappa shape index (κ1) is 18.6. The molecule has 0 aromatic carbocycles. The molecule has 0 radical (unpaired) electrons. The van der Waals surface area contributed by atoms with Crippen LogP contribution in [0.3, 0.4) is 0 Å². The Balaban J connectivity index is 1.55. The number of nitrogens with one attached hydrogen (secondary N) is 1. The second-order valence-electron chi connectivity index (χ2n) is 5.82. The molecule has 3 aromatic heterocycles. The lowest BCUT2D eigenvalue weighted by atomic mass is 10.3. The van der Waals surface area contributed by atoms with E-state index in [-0.39, 0.29) is 30.3 Å². The third-order valence-electron chi connectivity index (χ3n) is 3.78. The number of hydrogen-bond acceptors (Lipinski definition) is 5. The number of carbonyl (C=O) groups excluding carboxylic acids is 1. The molecule has 0 aliphatic rings. The van der Waals surface area contributed by atoms with Crippen LogP contribution in [0.25, 0.3) is 0 Å². The summed E-state index contributed by atoms with van der Waals surface area (Å²) in [5, 5.41) is 24.2. The highest BCUT2D eigenvalue weighted by molar-refractivity contribution is 6.33. The maximum atomic E-state index is 12.1. The number of nitrogens with zero attached hydrogens (tertiary/aromatic N) is 6. The van der Waals surface area contributed by atoms with Crippen LogP contribution in [0.4, 0.5) is 5.82 Å². The van der Waals surface area contributed by atoms with Gasteiger partial charge in [-0.05, 0) is 6.92 Å². The lowest BCUT2D eigenvalue weighted by Crippen LogP contribution is -2.15. The highest BCUT2D eigenvalue weighted by Gasteiger charge is 2.12. The van der Waals surface area contributed by atoms with Gasteiger partial charge in [0.15, 0.2) is 5.82 Å². The molecule has 0 bridgehead atoms. The zero-order valence-electron chi connectivity index (χ0n) is 14.5. The fourth-order valence-corrected chi connectivity index (χ4v) is 2.62. The largest absolute Gasteiger partial charge is 0.478 e. The predicted octanol–water partition coefficient (Wildman–Crippen LogP) is 1.72. The number of aryl methyl sites for hydroxylation is 2. The zero-order chi connectivity index (χ0) is 19.4.